The molecule has 1 aliphatic heterocycles. The molecule has 0 saturated carbocycles. The highest BCUT2D eigenvalue weighted by molar-refractivity contribution is 9.10. The number of esters is 1. The minimum absolute atomic E-state index is 0.00972. The Morgan fingerprint density at radius 2 is 2.08 bits per heavy atom. The summed E-state index contributed by atoms with van der Waals surface area (Å²) in [4.78, 5) is 27.9. The van der Waals surface area contributed by atoms with Crippen LogP contribution in [0.5, 0.6) is 0 Å². The van der Waals surface area contributed by atoms with Gasteiger partial charge < -0.3 is 25.4 Å². The summed E-state index contributed by atoms with van der Waals surface area (Å²) in [6.07, 6.45) is -3.45. The molecule has 0 aliphatic carbocycles. The normalized spacial score (nSPS) is 25.2. The number of ether oxygens (including phenoxy) is 2. The second-order valence-corrected chi connectivity index (χ2v) is 6.49. The fourth-order valence-electron chi connectivity index (χ4n) is 2.65. The van der Waals surface area contributed by atoms with E-state index in [4.69, 9.17) is 15.2 Å². The summed E-state index contributed by atoms with van der Waals surface area (Å²) in [5.74, 6) is -0.689. The van der Waals surface area contributed by atoms with Crippen LogP contribution in [0.1, 0.15) is 16.6 Å². The van der Waals surface area contributed by atoms with Crippen LogP contribution in [0.25, 0.3) is 0 Å². The first-order valence-electron chi connectivity index (χ1n) is 7.67. The van der Waals surface area contributed by atoms with Crippen molar-refractivity contribution in [2.24, 2.45) is 0 Å². The average molecular weight is 426 g/mol. The summed E-state index contributed by atoms with van der Waals surface area (Å²) in [5.41, 5.74) is 5.09. The van der Waals surface area contributed by atoms with Crippen molar-refractivity contribution in [3.05, 3.63) is 57.0 Å². The van der Waals surface area contributed by atoms with Gasteiger partial charge in [-0.25, -0.2) is 9.59 Å². The molecule has 1 aliphatic rings. The van der Waals surface area contributed by atoms with Crippen molar-refractivity contribution in [2.75, 3.05) is 12.3 Å². The van der Waals surface area contributed by atoms with Crippen LogP contribution in [-0.4, -0.2) is 50.7 Å². The lowest BCUT2D eigenvalue weighted by molar-refractivity contribution is -0.0563. The van der Waals surface area contributed by atoms with Crippen LogP contribution in [0.15, 0.2) is 45.8 Å². The minimum atomic E-state index is -1.39. The number of rotatable bonds is 4. The van der Waals surface area contributed by atoms with Gasteiger partial charge in [-0.2, -0.15) is 4.98 Å². The first-order valence-corrected chi connectivity index (χ1v) is 8.46. The maximum atomic E-state index is 12.2. The van der Waals surface area contributed by atoms with E-state index in [1.165, 1.54) is 6.20 Å². The fourth-order valence-corrected chi connectivity index (χ4v) is 2.96. The van der Waals surface area contributed by atoms with Gasteiger partial charge in [0, 0.05) is 6.20 Å². The van der Waals surface area contributed by atoms with Crippen LogP contribution < -0.4 is 11.4 Å². The standard InChI is InChI=1S/C16H16BrN3O6/c17-9-6-20(16(24)19-13(9)18)14-11(22)12(10(7-21)25-14)26-15(23)8-4-2-1-3-5-8/h1-6,10-12,14,21-22H,7H2,(H2,18,19,24)/t10-,11+,12-,14-/m1/s1. The molecule has 0 bridgehead atoms. The van der Waals surface area contributed by atoms with Gasteiger partial charge in [-0.1, -0.05) is 18.2 Å². The third-order valence-corrected chi connectivity index (χ3v) is 4.56. The topological polar surface area (TPSA) is 137 Å². The molecule has 0 spiro atoms. The Bertz CT molecular complexity index is 859. The van der Waals surface area contributed by atoms with Gasteiger partial charge in [0.1, 0.15) is 18.0 Å². The quantitative estimate of drug-likeness (QED) is 0.584. The first-order chi connectivity index (χ1) is 12.4. The Balaban J connectivity index is 1.85. The van der Waals surface area contributed by atoms with Gasteiger partial charge >= 0.3 is 11.7 Å². The van der Waals surface area contributed by atoms with E-state index in [0.717, 1.165) is 4.57 Å². The molecule has 1 fully saturated rings. The van der Waals surface area contributed by atoms with E-state index in [1.54, 1.807) is 30.3 Å². The Morgan fingerprint density at radius 1 is 1.38 bits per heavy atom. The van der Waals surface area contributed by atoms with Gasteiger partial charge in [0.2, 0.25) is 0 Å². The molecule has 2 heterocycles. The second-order valence-electron chi connectivity index (χ2n) is 5.64. The van der Waals surface area contributed by atoms with E-state index < -0.39 is 42.8 Å². The number of hydrogen-bond donors (Lipinski definition) is 3. The lowest BCUT2D eigenvalue weighted by Gasteiger charge is -2.20. The zero-order valence-corrected chi connectivity index (χ0v) is 14.9. The Labute approximate surface area is 156 Å². The Morgan fingerprint density at radius 3 is 2.73 bits per heavy atom. The number of anilines is 1. The fraction of sp³-hybridized carbons (Fsp3) is 0.312. The first kappa shape index (κ1) is 18.5. The number of aliphatic hydroxyl groups excluding tert-OH is 2. The van der Waals surface area contributed by atoms with Crippen molar-refractivity contribution < 1.29 is 24.5 Å². The van der Waals surface area contributed by atoms with Crippen molar-refractivity contribution in [3.63, 3.8) is 0 Å². The summed E-state index contributed by atoms with van der Waals surface area (Å²) >= 11 is 3.15. The van der Waals surface area contributed by atoms with E-state index in [0.29, 0.717) is 4.47 Å². The number of aromatic nitrogens is 2. The molecule has 1 aromatic heterocycles. The highest BCUT2D eigenvalue weighted by Gasteiger charge is 2.47. The molecular weight excluding hydrogens is 410 g/mol. The van der Waals surface area contributed by atoms with Crippen molar-refractivity contribution >= 4 is 27.7 Å². The second kappa shape index (κ2) is 7.54. The van der Waals surface area contributed by atoms with Crippen LogP contribution in [-0.2, 0) is 9.47 Å². The zero-order chi connectivity index (χ0) is 18.8. The number of nitrogen functional groups attached to an aromatic ring is 1. The lowest BCUT2D eigenvalue weighted by atomic mass is 10.1. The molecule has 1 aromatic carbocycles. The van der Waals surface area contributed by atoms with Crippen molar-refractivity contribution in [3.8, 4) is 0 Å². The monoisotopic (exact) mass is 425 g/mol. The molecule has 10 heteroatoms. The Hall–Kier alpha value is -2.27. The van der Waals surface area contributed by atoms with Crippen molar-refractivity contribution in [1.82, 2.24) is 9.55 Å². The molecule has 3 rings (SSSR count). The molecule has 0 amide bonds. The highest BCUT2D eigenvalue weighted by Crippen LogP contribution is 2.31. The predicted molar refractivity (Wildman–Crippen MR) is 93.3 cm³/mol. The number of nitrogens with zero attached hydrogens (tertiary/aromatic N) is 2. The molecule has 2 aromatic rings. The molecule has 4 atom stereocenters. The average Bonchev–Trinajstić information content (AvgIpc) is 2.94. The van der Waals surface area contributed by atoms with Gasteiger partial charge in [0.25, 0.3) is 0 Å². The smallest absolute Gasteiger partial charge is 0.351 e. The molecule has 9 nitrogen and oxygen atoms in total. The van der Waals surface area contributed by atoms with E-state index >= 15 is 0 Å². The van der Waals surface area contributed by atoms with E-state index in [-0.39, 0.29) is 11.4 Å². The summed E-state index contributed by atoms with van der Waals surface area (Å²) in [6.45, 7) is -0.515. The van der Waals surface area contributed by atoms with Crippen molar-refractivity contribution in [2.45, 2.75) is 24.5 Å². The van der Waals surface area contributed by atoms with Crippen LogP contribution in [0, 0.1) is 0 Å². The van der Waals surface area contributed by atoms with Crippen molar-refractivity contribution in [1.29, 1.82) is 0 Å². The molecule has 0 radical (unpaired) electrons. The van der Waals surface area contributed by atoms with Gasteiger partial charge in [0.05, 0.1) is 16.6 Å². The molecule has 1 saturated heterocycles. The lowest BCUT2D eigenvalue weighted by Crippen LogP contribution is -2.39. The summed E-state index contributed by atoms with van der Waals surface area (Å²) in [6, 6.07) is 8.20. The van der Waals surface area contributed by atoms with Gasteiger partial charge in [-0.05, 0) is 28.1 Å². The summed E-state index contributed by atoms with van der Waals surface area (Å²) in [7, 11) is 0. The SMILES string of the molecule is Nc1nc(=O)n([C@@H]2O[C@H](CO)[C@@H](OC(=O)c3ccccc3)[C@@H]2O)cc1Br. The minimum Gasteiger partial charge on any atom is -0.453 e. The number of halogens is 1. The highest BCUT2D eigenvalue weighted by atomic mass is 79.9. The third-order valence-electron chi connectivity index (χ3n) is 3.95. The largest absolute Gasteiger partial charge is 0.453 e. The maximum absolute atomic E-state index is 12.2. The third kappa shape index (κ3) is 3.49. The number of nitrogens with two attached hydrogens (primary N) is 1. The van der Waals surface area contributed by atoms with E-state index in [1.807, 2.05) is 0 Å². The van der Waals surface area contributed by atoms with Gasteiger partial charge in [-0.15, -0.1) is 0 Å². The van der Waals surface area contributed by atoms with Crippen LogP contribution >= 0.6 is 15.9 Å². The maximum Gasteiger partial charge on any atom is 0.351 e. The van der Waals surface area contributed by atoms with E-state index in [9.17, 15) is 19.8 Å². The van der Waals surface area contributed by atoms with Crippen LogP contribution in [0.4, 0.5) is 5.82 Å². The molecule has 0 unspecified atom stereocenters. The predicted octanol–water partition coefficient (Wildman–Crippen LogP) is 0.0642. The molecular formula is C16H16BrN3O6. The van der Waals surface area contributed by atoms with Crippen LogP contribution in [0.2, 0.25) is 0 Å². The number of benzene rings is 1. The molecule has 26 heavy (non-hydrogen) atoms. The van der Waals surface area contributed by atoms with Gasteiger partial charge in [0.15, 0.2) is 12.3 Å². The van der Waals surface area contributed by atoms with Gasteiger partial charge in [-0.3, -0.25) is 4.57 Å². The number of carbonyl (C=O) groups excluding carboxylic acids is 1. The Kier molecular flexibility index (Phi) is 5.37. The number of aliphatic hydroxyl groups is 2. The summed E-state index contributed by atoms with van der Waals surface area (Å²) in [5, 5.41) is 20.0. The summed E-state index contributed by atoms with van der Waals surface area (Å²) < 4.78 is 12.2. The molecule has 138 valence electrons. The van der Waals surface area contributed by atoms with E-state index in [2.05, 4.69) is 20.9 Å². The number of carbonyl (C=O) groups is 1. The van der Waals surface area contributed by atoms with Crippen LogP contribution in [0.3, 0.4) is 0 Å². The number of hydrogen-bond acceptors (Lipinski definition) is 8. The molecule has 4 N–H and O–H groups in total. The zero-order valence-electron chi connectivity index (χ0n) is 13.4.